The molecule has 6 nitrogen and oxygen atoms in total. The molecule has 1 atom stereocenters. The topological polar surface area (TPSA) is 78.9 Å². The highest BCUT2D eigenvalue weighted by atomic mass is 16.6. The monoisotopic (exact) mass is 979 g/mol. The van der Waals surface area contributed by atoms with Crippen molar-refractivity contribution in [2.75, 3.05) is 13.2 Å². The van der Waals surface area contributed by atoms with Crippen molar-refractivity contribution in [2.45, 2.75) is 316 Å². The molecule has 0 heterocycles. The molecule has 0 aromatic rings. The quantitative estimate of drug-likeness (QED) is 0.0261. The van der Waals surface area contributed by atoms with Crippen molar-refractivity contribution in [3.8, 4) is 0 Å². The number of unbranched alkanes of at least 4 members (excludes halogenated alkanes) is 34. The van der Waals surface area contributed by atoms with Gasteiger partial charge in [0.15, 0.2) is 6.10 Å². The first-order chi connectivity index (χ1) is 34.5. The number of rotatable bonds is 55. The summed E-state index contributed by atoms with van der Waals surface area (Å²) in [7, 11) is 0. The second-order valence-electron chi connectivity index (χ2n) is 20.2. The van der Waals surface area contributed by atoms with E-state index in [9.17, 15) is 14.4 Å². The Morgan fingerprint density at radius 2 is 0.557 bits per heavy atom. The fourth-order valence-electron chi connectivity index (χ4n) is 8.77. The second-order valence-corrected chi connectivity index (χ2v) is 20.2. The molecule has 0 saturated carbocycles. The number of esters is 3. The summed E-state index contributed by atoms with van der Waals surface area (Å²) in [5, 5.41) is 0. The van der Waals surface area contributed by atoms with Crippen molar-refractivity contribution < 1.29 is 28.6 Å². The molecule has 6 heteroatoms. The van der Waals surface area contributed by atoms with E-state index in [4.69, 9.17) is 14.2 Å². The summed E-state index contributed by atoms with van der Waals surface area (Å²) in [6, 6.07) is 0. The summed E-state index contributed by atoms with van der Waals surface area (Å²) in [6.07, 6.45) is 73.7. The molecule has 0 radical (unpaired) electrons. The summed E-state index contributed by atoms with van der Waals surface area (Å²) < 4.78 is 16.9. The van der Waals surface area contributed by atoms with Gasteiger partial charge in [0.1, 0.15) is 13.2 Å². The number of carbonyl (C=O) groups excluding carboxylic acids is 3. The molecule has 0 aromatic carbocycles. The largest absolute Gasteiger partial charge is 0.462 e. The van der Waals surface area contributed by atoms with Crippen LogP contribution in [0, 0.1) is 0 Å². The van der Waals surface area contributed by atoms with E-state index in [0.29, 0.717) is 19.3 Å². The molecule has 0 aromatic heterocycles. The number of allylic oxidation sites excluding steroid dienone is 10. The van der Waals surface area contributed by atoms with Gasteiger partial charge in [0.2, 0.25) is 0 Å². The van der Waals surface area contributed by atoms with Gasteiger partial charge in [-0.15, -0.1) is 0 Å². The van der Waals surface area contributed by atoms with E-state index in [1.54, 1.807) is 0 Å². The molecule has 0 rings (SSSR count). The minimum atomic E-state index is -0.775. The van der Waals surface area contributed by atoms with Gasteiger partial charge in [-0.25, -0.2) is 0 Å². The van der Waals surface area contributed by atoms with Gasteiger partial charge in [0.05, 0.1) is 0 Å². The number of ether oxygens (including phenoxy) is 3. The molecule has 1 unspecified atom stereocenters. The first kappa shape index (κ1) is 67.1. The molecule has 0 aliphatic carbocycles. The molecule has 0 amide bonds. The van der Waals surface area contributed by atoms with Gasteiger partial charge in [-0.1, -0.05) is 287 Å². The normalized spacial score (nSPS) is 12.4. The molecular weight excluding hydrogens is 865 g/mol. The minimum Gasteiger partial charge on any atom is -0.462 e. The third-order valence-electron chi connectivity index (χ3n) is 13.3. The predicted molar refractivity (Wildman–Crippen MR) is 302 cm³/mol. The standard InChI is InChI=1S/C64H114O6/c1-4-7-10-13-16-19-21-23-25-27-29-31-32-33-35-36-38-40-42-45-48-51-54-57-63(66)69-60-61(59-68-62(65)56-53-50-47-44-18-15-12-9-6-3)70-64(67)58-55-52-49-46-43-41-39-37-34-30-28-26-24-22-20-17-14-11-8-5-2/h7,10,16,19,23,25,29,31,33,35,61H,4-6,8-9,11-15,17-18,20-22,24,26-28,30,32,34,36-60H2,1-3H3/b10-7-,19-16-,25-23-,31-29-,35-33-. The summed E-state index contributed by atoms with van der Waals surface area (Å²) in [6.45, 7) is 6.54. The average Bonchev–Trinajstić information content (AvgIpc) is 3.36. The van der Waals surface area contributed by atoms with Crippen LogP contribution < -0.4 is 0 Å². The number of hydrogen-bond donors (Lipinski definition) is 0. The molecular formula is C64H114O6. The van der Waals surface area contributed by atoms with Crippen LogP contribution in [0.4, 0.5) is 0 Å². The third-order valence-corrected chi connectivity index (χ3v) is 13.3. The van der Waals surface area contributed by atoms with Gasteiger partial charge in [0, 0.05) is 19.3 Å². The Kier molecular flexibility index (Phi) is 56.3. The lowest BCUT2D eigenvalue weighted by Gasteiger charge is -2.18. The molecule has 0 fully saturated rings. The smallest absolute Gasteiger partial charge is 0.306 e. The summed E-state index contributed by atoms with van der Waals surface area (Å²) in [5.74, 6) is -0.872. The van der Waals surface area contributed by atoms with Crippen molar-refractivity contribution in [1.82, 2.24) is 0 Å². The van der Waals surface area contributed by atoms with E-state index in [0.717, 1.165) is 96.3 Å². The highest BCUT2D eigenvalue weighted by Gasteiger charge is 2.19. The van der Waals surface area contributed by atoms with Crippen LogP contribution in [0.15, 0.2) is 60.8 Å². The van der Waals surface area contributed by atoms with Crippen LogP contribution in [0.1, 0.15) is 310 Å². The Morgan fingerprint density at radius 3 is 0.871 bits per heavy atom. The van der Waals surface area contributed by atoms with Crippen molar-refractivity contribution in [1.29, 1.82) is 0 Å². The second kappa shape index (κ2) is 58.7. The van der Waals surface area contributed by atoms with E-state index in [-0.39, 0.29) is 31.1 Å². The van der Waals surface area contributed by atoms with Crippen molar-refractivity contribution in [2.24, 2.45) is 0 Å². The maximum absolute atomic E-state index is 12.9. The van der Waals surface area contributed by atoms with Gasteiger partial charge in [0.25, 0.3) is 0 Å². The van der Waals surface area contributed by atoms with Crippen molar-refractivity contribution in [3.05, 3.63) is 60.8 Å². The Bertz CT molecular complexity index is 1260. The molecule has 0 N–H and O–H groups in total. The number of hydrogen-bond acceptors (Lipinski definition) is 6. The molecule has 0 aliphatic heterocycles. The van der Waals surface area contributed by atoms with Crippen LogP contribution in [0.5, 0.6) is 0 Å². The fraction of sp³-hybridized carbons (Fsp3) is 0.797. The first-order valence-electron chi connectivity index (χ1n) is 30.3. The summed E-state index contributed by atoms with van der Waals surface area (Å²) in [5.41, 5.74) is 0. The molecule has 70 heavy (non-hydrogen) atoms. The zero-order chi connectivity index (χ0) is 50.7. The maximum atomic E-state index is 12.9. The summed E-state index contributed by atoms with van der Waals surface area (Å²) >= 11 is 0. The zero-order valence-electron chi connectivity index (χ0n) is 46.5. The molecule has 0 saturated heterocycles. The Labute approximate surface area is 434 Å². The highest BCUT2D eigenvalue weighted by molar-refractivity contribution is 5.71. The van der Waals surface area contributed by atoms with Gasteiger partial charge in [-0.05, 0) is 64.2 Å². The van der Waals surface area contributed by atoms with Crippen LogP contribution in [-0.2, 0) is 28.6 Å². The predicted octanol–water partition coefficient (Wildman–Crippen LogP) is 20.4. The van der Waals surface area contributed by atoms with Gasteiger partial charge >= 0.3 is 17.9 Å². The van der Waals surface area contributed by atoms with Crippen LogP contribution in [0.2, 0.25) is 0 Å². The molecule has 0 aliphatic rings. The molecule has 406 valence electrons. The van der Waals surface area contributed by atoms with E-state index >= 15 is 0 Å². The Morgan fingerprint density at radius 1 is 0.300 bits per heavy atom. The summed E-state index contributed by atoms with van der Waals surface area (Å²) in [4.78, 5) is 38.1. The minimum absolute atomic E-state index is 0.0738. The average molecular weight is 980 g/mol. The van der Waals surface area contributed by atoms with Crippen LogP contribution in [-0.4, -0.2) is 37.2 Å². The number of carbonyl (C=O) groups is 3. The lowest BCUT2D eigenvalue weighted by atomic mass is 10.0. The van der Waals surface area contributed by atoms with Crippen molar-refractivity contribution >= 4 is 17.9 Å². The molecule has 0 bridgehead atoms. The Balaban J connectivity index is 4.24. The third kappa shape index (κ3) is 56.0. The molecule has 0 spiro atoms. The van der Waals surface area contributed by atoms with E-state index in [1.165, 1.54) is 173 Å². The van der Waals surface area contributed by atoms with Crippen LogP contribution >= 0.6 is 0 Å². The Hall–Kier alpha value is -2.89. The van der Waals surface area contributed by atoms with E-state index in [1.807, 2.05) is 0 Å². The SMILES string of the molecule is CC/C=C\C/C=C\C/C=C\C/C=C\C/C=C\CCCCCCCCCC(=O)OCC(COC(=O)CCCCCCCCCCC)OC(=O)CCCCCCCCCCCCCCCCCCCCCC. The van der Waals surface area contributed by atoms with Gasteiger partial charge < -0.3 is 14.2 Å². The van der Waals surface area contributed by atoms with Gasteiger partial charge in [-0.3, -0.25) is 14.4 Å². The fourth-order valence-corrected chi connectivity index (χ4v) is 8.77. The van der Waals surface area contributed by atoms with Crippen molar-refractivity contribution in [3.63, 3.8) is 0 Å². The first-order valence-corrected chi connectivity index (χ1v) is 30.3. The van der Waals surface area contributed by atoms with Crippen LogP contribution in [0.3, 0.4) is 0 Å². The van der Waals surface area contributed by atoms with E-state index < -0.39 is 6.10 Å². The zero-order valence-corrected chi connectivity index (χ0v) is 46.5. The van der Waals surface area contributed by atoms with E-state index in [2.05, 4.69) is 81.5 Å². The highest BCUT2D eigenvalue weighted by Crippen LogP contribution is 2.17. The lowest BCUT2D eigenvalue weighted by Crippen LogP contribution is -2.30. The lowest BCUT2D eigenvalue weighted by molar-refractivity contribution is -0.167. The van der Waals surface area contributed by atoms with Gasteiger partial charge in [-0.2, -0.15) is 0 Å². The maximum Gasteiger partial charge on any atom is 0.306 e. The van der Waals surface area contributed by atoms with Crippen LogP contribution in [0.25, 0.3) is 0 Å².